The van der Waals surface area contributed by atoms with Crippen LogP contribution in [-0.2, 0) is 10.0 Å². The molecule has 108 valence electrons. The highest BCUT2D eigenvalue weighted by atomic mass is 35.5. The molecular weight excluding hydrogens is 290 g/mol. The predicted molar refractivity (Wildman–Crippen MR) is 75.6 cm³/mol. The molecule has 1 aromatic rings. The zero-order valence-corrected chi connectivity index (χ0v) is 12.7. The summed E-state index contributed by atoms with van der Waals surface area (Å²) in [7, 11) is -0.306. The summed E-state index contributed by atoms with van der Waals surface area (Å²) >= 11 is 5.45. The first-order valence-corrected chi connectivity index (χ1v) is 7.90. The zero-order chi connectivity index (χ0) is 14.5. The molecule has 1 aromatic carbocycles. The van der Waals surface area contributed by atoms with E-state index in [2.05, 4.69) is 4.72 Å². The van der Waals surface area contributed by atoms with Gasteiger partial charge < -0.3 is 9.47 Å². The third kappa shape index (κ3) is 4.56. The normalized spacial score (nSPS) is 13.1. The lowest BCUT2D eigenvalue weighted by Crippen LogP contribution is -2.29. The van der Waals surface area contributed by atoms with Gasteiger partial charge >= 0.3 is 0 Å². The Morgan fingerprint density at radius 2 is 2.00 bits per heavy atom. The lowest BCUT2D eigenvalue weighted by Gasteiger charge is -2.17. The molecule has 1 rings (SSSR count). The minimum Gasteiger partial charge on any atom is -0.497 e. The van der Waals surface area contributed by atoms with E-state index in [9.17, 15) is 8.42 Å². The van der Waals surface area contributed by atoms with Crippen molar-refractivity contribution in [1.29, 1.82) is 0 Å². The van der Waals surface area contributed by atoms with Gasteiger partial charge in [-0.1, -0.05) is 6.07 Å². The van der Waals surface area contributed by atoms with Gasteiger partial charge in [0.1, 0.15) is 11.5 Å². The molecular formula is C12H18ClNO4S. The summed E-state index contributed by atoms with van der Waals surface area (Å²) in [6.07, 6.45) is 0. The summed E-state index contributed by atoms with van der Waals surface area (Å²) in [5.74, 6) is 1.16. The van der Waals surface area contributed by atoms with Crippen LogP contribution in [0.25, 0.3) is 0 Å². The summed E-state index contributed by atoms with van der Waals surface area (Å²) in [6.45, 7) is 1.75. The van der Waals surface area contributed by atoms with Crippen molar-refractivity contribution in [3.8, 4) is 11.5 Å². The molecule has 1 atom stereocenters. The third-order valence-electron chi connectivity index (χ3n) is 2.61. The molecule has 0 aliphatic heterocycles. The molecule has 0 amide bonds. The predicted octanol–water partition coefficient (Wildman–Crippen LogP) is 1.92. The number of benzene rings is 1. The summed E-state index contributed by atoms with van der Waals surface area (Å²) in [5.41, 5.74) is 0.737. The fraction of sp³-hybridized carbons (Fsp3) is 0.500. The smallest absolute Gasteiger partial charge is 0.213 e. The zero-order valence-electron chi connectivity index (χ0n) is 11.1. The van der Waals surface area contributed by atoms with E-state index < -0.39 is 16.1 Å². The molecule has 0 fully saturated rings. The molecule has 0 heterocycles. The highest BCUT2D eigenvalue weighted by molar-refractivity contribution is 7.89. The molecule has 0 aliphatic rings. The lowest BCUT2D eigenvalue weighted by molar-refractivity contribution is 0.388. The van der Waals surface area contributed by atoms with Crippen molar-refractivity contribution in [3.63, 3.8) is 0 Å². The maximum absolute atomic E-state index is 11.7. The molecule has 0 spiro atoms. The van der Waals surface area contributed by atoms with Crippen LogP contribution < -0.4 is 14.2 Å². The Kier molecular flexibility index (Phi) is 5.90. The molecule has 7 heteroatoms. The Balaban J connectivity index is 2.96. The molecule has 1 N–H and O–H groups in total. The van der Waals surface area contributed by atoms with Crippen LogP contribution >= 0.6 is 11.6 Å². The second kappa shape index (κ2) is 6.98. The van der Waals surface area contributed by atoms with Gasteiger partial charge in [0.05, 0.1) is 20.0 Å². The van der Waals surface area contributed by atoms with E-state index in [0.29, 0.717) is 11.5 Å². The van der Waals surface area contributed by atoms with Crippen molar-refractivity contribution in [3.05, 3.63) is 23.8 Å². The second-order valence-corrected chi connectivity index (χ2v) is 6.21. The minimum absolute atomic E-state index is 0.0573. The Bertz CT molecular complexity index is 518. The third-order valence-corrected chi connectivity index (χ3v) is 4.48. The van der Waals surface area contributed by atoms with Crippen molar-refractivity contribution in [2.24, 2.45) is 0 Å². The maximum atomic E-state index is 11.7. The molecule has 0 aromatic heterocycles. The molecule has 5 nitrogen and oxygen atoms in total. The van der Waals surface area contributed by atoms with Crippen molar-refractivity contribution in [1.82, 2.24) is 4.72 Å². The van der Waals surface area contributed by atoms with Crippen molar-refractivity contribution in [2.45, 2.75) is 13.0 Å². The quantitative estimate of drug-likeness (QED) is 0.782. The van der Waals surface area contributed by atoms with E-state index in [0.717, 1.165) is 5.56 Å². The molecule has 0 saturated heterocycles. The van der Waals surface area contributed by atoms with Gasteiger partial charge in [-0.15, -0.1) is 11.6 Å². The van der Waals surface area contributed by atoms with E-state index in [1.165, 1.54) is 7.11 Å². The SMILES string of the molecule is COc1ccc(C(C)NS(=O)(=O)CCCl)c(OC)c1. The standard InChI is InChI=1S/C12H18ClNO4S/c1-9(14-19(15,16)7-6-13)11-5-4-10(17-2)8-12(11)18-3/h4-5,8-9,14H,6-7H2,1-3H3. The van der Waals surface area contributed by atoms with E-state index in [-0.39, 0.29) is 11.6 Å². The number of ether oxygens (including phenoxy) is 2. The van der Waals surface area contributed by atoms with E-state index in [1.807, 2.05) is 0 Å². The average Bonchev–Trinajstić information content (AvgIpc) is 2.37. The maximum Gasteiger partial charge on any atom is 0.213 e. The van der Waals surface area contributed by atoms with Crippen molar-refractivity contribution in [2.75, 3.05) is 25.9 Å². The number of methoxy groups -OCH3 is 2. The summed E-state index contributed by atoms with van der Waals surface area (Å²) < 4.78 is 36.2. The largest absolute Gasteiger partial charge is 0.497 e. The number of alkyl halides is 1. The van der Waals surface area contributed by atoms with Crippen LogP contribution in [0.2, 0.25) is 0 Å². The Morgan fingerprint density at radius 1 is 1.32 bits per heavy atom. The van der Waals surface area contributed by atoms with Crippen LogP contribution in [0.5, 0.6) is 11.5 Å². The van der Waals surface area contributed by atoms with Gasteiger partial charge in [-0.2, -0.15) is 0 Å². The van der Waals surface area contributed by atoms with Crippen molar-refractivity contribution >= 4 is 21.6 Å². The lowest BCUT2D eigenvalue weighted by atomic mass is 10.1. The minimum atomic E-state index is -3.39. The first-order chi connectivity index (χ1) is 8.93. The molecule has 0 saturated carbocycles. The summed E-state index contributed by atoms with van der Waals surface area (Å²) in [6, 6.07) is 4.83. The van der Waals surface area contributed by atoms with Crippen LogP contribution in [0, 0.1) is 0 Å². The summed E-state index contributed by atoms with van der Waals surface area (Å²) in [5, 5.41) is 0. The molecule has 0 bridgehead atoms. The fourth-order valence-electron chi connectivity index (χ4n) is 1.67. The highest BCUT2D eigenvalue weighted by Crippen LogP contribution is 2.29. The average molecular weight is 308 g/mol. The Labute approximate surface area is 118 Å². The van der Waals surface area contributed by atoms with Gasteiger partial charge in [0, 0.05) is 23.6 Å². The van der Waals surface area contributed by atoms with Crippen LogP contribution in [-0.4, -0.2) is 34.3 Å². The van der Waals surface area contributed by atoms with Crippen LogP contribution in [0.15, 0.2) is 18.2 Å². The van der Waals surface area contributed by atoms with E-state index >= 15 is 0 Å². The summed E-state index contributed by atoms with van der Waals surface area (Å²) in [4.78, 5) is 0. The number of rotatable bonds is 7. The molecule has 19 heavy (non-hydrogen) atoms. The van der Waals surface area contributed by atoms with Gasteiger partial charge in [-0.3, -0.25) is 0 Å². The van der Waals surface area contributed by atoms with Gasteiger partial charge in [-0.05, 0) is 13.0 Å². The van der Waals surface area contributed by atoms with Crippen molar-refractivity contribution < 1.29 is 17.9 Å². The van der Waals surface area contributed by atoms with Crippen LogP contribution in [0.3, 0.4) is 0 Å². The number of halogens is 1. The molecule has 0 aliphatic carbocycles. The number of hydrogen-bond acceptors (Lipinski definition) is 4. The Morgan fingerprint density at radius 3 is 2.53 bits per heavy atom. The number of hydrogen-bond donors (Lipinski definition) is 1. The molecule has 1 unspecified atom stereocenters. The van der Waals surface area contributed by atoms with Crippen LogP contribution in [0.4, 0.5) is 0 Å². The number of sulfonamides is 1. The Hall–Kier alpha value is -0.980. The van der Waals surface area contributed by atoms with E-state index in [1.54, 1.807) is 32.2 Å². The second-order valence-electron chi connectivity index (χ2n) is 3.96. The topological polar surface area (TPSA) is 64.6 Å². The van der Waals surface area contributed by atoms with Gasteiger partial charge in [0.2, 0.25) is 10.0 Å². The first-order valence-electron chi connectivity index (χ1n) is 5.71. The van der Waals surface area contributed by atoms with Gasteiger partial charge in [0.15, 0.2) is 0 Å². The fourth-order valence-corrected chi connectivity index (χ4v) is 3.27. The van der Waals surface area contributed by atoms with Gasteiger partial charge in [-0.25, -0.2) is 13.1 Å². The van der Waals surface area contributed by atoms with Gasteiger partial charge in [0.25, 0.3) is 0 Å². The number of nitrogens with one attached hydrogen (secondary N) is 1. The first kappa shape index (κ1) is 16.1. The van der Waals surface area contributed by atoms with E-state index in [4.69, 9.17) is 21.1 Å². The monoisotopic (exact) mass is 307 g/mol. The highest BCUT2D eigenvalue weighted by Gasteiger charge is 2.18. The molecule has 0 radical (unpaired) electrons. The van der Waals surface area contributed by atoms with Crippen LogP contribution in [0.1, 0.15) is 18.5 Å².